The molecule has 0 saturated heterocycles. The van der Waals surface area contributed by atoms with Crippen LogP contribution in [0.1, 0.15) is 11.3 Å². The van der Waals surface area contributed by atoms with Crippen molar-refractivity contribution < 1.29 is 9.47 Å². The fraction of sp³-hybridized carbons (Fsp3) is 0.364. The molecule has 2 aromatic heterocycles. The second kappa shape index (κ2) is 13.9. The number of anilines is 3. The van der Waals surface area contributed by atoms with Gasteiger partial charge in [0.15, 0.2) is 0 Å². The summed E-state index contributed by atoms with van der Waals surface area (Å²) in [6.45, 7) is 4.26. The maximum absolute atomic E-state index is 5.53. The summed E-state index contributed by atoms with van der Waals surface area (Å²) in [6.07, 6.45) is 1.76. The molecule has 0 amide bonds. The number of pyridine rings is 1. The highest BCUT2D eigenvalue weighted by Gasteiger charge is 2.07. The third-order valence-corrected chi connectivity index (χ3v) is 4.25. The molecule has 3 rings (SSSR count). The molecule has 10 nitrogen and oxygen atoms in total. The van der Waals surface area contributed by atoms with Crippen molar-refractivity contribution in [3.63, 3.8) is 0 Å². The van der Waals surface area contributed by atoms with E-state index in [1.54, 1.807) is 6.20 Å². The normalized spacial score (nSPS) is 10.7. The number of nitrogens with one attached hydrogen (secondary N) is 3. The van der Waals surface area contributed by atoms with Crippen molar-refractivity contribution in [3.05, 3.63) is 66.0 Å². The first-order chi connectivity index (χ1) is 15.8. The first kappa shape index (κ1) is 23.3. The number of hydrogen-bond donors (Lipinski definition) is 4. The average Bonchev–Trinajstić information content (AvgIpc) is 2.84. The molecule has 0 unspecified atom stereocenters. The number of rotatable bonds is 15. The van der Waals surface area contributed by atoms with Gasteiger partial charge in [-0.1, -0.05) is 36.4 Å². The van der Waals surface area contributed by atoms with Crippen LogP contribution in [0.4, 0.5) is 17.8 Å². The molecule has 3 aromatic rings. The minimum Gasteiger partial charge on any atom is -0.378 e. The monoisotopic (exact) mass is 438 g/mol. The molecule has 170 valence electrons. The zero-order chi connectivity index (χ0) is 22.3. The number of aromatic nitrogens is 4. The van der Waals surface area contributed by atoms with E-state index in [1.807, 2.05) is 48.5 Å². The Kier molecular flexibility index (Phi) is 10.1. The lowest BCUT2D eigenvalue weighted by atomic mass is 10.2. The topological polar surface area (TPSA) is 132 Å². The molecule has 0 aliphatic rings. The molecule has 0 fully saturated rings. The smallest absolute Gasteiger partial charge is 0.229 e. The van der Waals surface area contributed by atoms with Crippen LogP contribution in [-0.4, -0.2) is 59.5 Å². The average molecular weight is 439 g/mol. The molecular formula is C22H30N8O2. The molecule has 1 aromatic carbocycles. The Morgan fingerprint density at radius 1 is 0.688 bits per heavy atom. The Hall–Kier alpha value is -3.34. The summed E-state index contributed by atoms with van der Waals surface area (Å²) in [5.74, 6) is 1.40. The summed E-state index contributed by atoms with van der Waals surface area (Å²) in [5, 5.41) is 9.64. The molecule has 0 spiro atoms. The van der Waals surface area contributed by atoms with E-state index in [4.69, 9.17) is 15.2 Å². The Morgan fingerprint density at radius 2 is 1.34 bits per heavy atom. The molecule has 10 heteroatoms. The number of hydrogen-bond acceptors (Lipinski definition) is 10. The molecule has 0 aliphatic carbocycles. The van der Waals surface area contributed by atoms with Gasteiger partial charge in [0.05, 0.1) is 38.7 Å². The number of nitrogens with zero attached hydrogens (tertiary/aromatic N) is 4. The molecule has 5 N–H and O–H groups in total. The van der Waals surface area contributed by atoms with Crippen molar-refractivity contribution in [1.82, 2.24) is 19.9 Å². The predicted octanol–water partition coefficient (Wildman–Crippen LogP) is 1.89. The largest absolute Gasteiger partial charge is 0.378 e. The maximum atomic E-state index is 5.53. The molecule has 32 heavy (non-hydrogen) atoms. The Morgan fingerprint density at radius 3 is 2.03 bits per heavy atom. The van der Waals surface area contributed by atoms with Crippen molar-refractivity contribution in [3.8, 4) is 0 Å². The van der Waals surface area contributed by atoms with Crippen LogP contribution in [-0.2, 0) is 22.6 Å². The standard InChI is InChI=1S/C22H30N8O2/c23-9-12-31-14-15-32-13-11-25-20-28-21(26-16-18-6-2-1-3-7-18)30-22(29-20)27-17-19-8-4-5-10-24-19/h1-8,10H,9,11-17,23H2,(H3,25,26,27,28,29,30). The molecule has 0 bridgehead atoms. The molecule has 0 aliphatic heterocycles. The van der Waals surface area contributed by atoms with Gasteiger partial charge in [0.25, 0.3) is 0 Å². The van der Waals surface area contributed by atoms with Gasteiger partial charge in [0.2, 0.25) is 17.8 Å². The third kappa shape index (κ3) is 8.80. The Balaban J connectivity index is 1.55. The van der Waals surface area contributed by atoms with Crippen molar-refractivity contribution in [2.24, 2.45) is 5.73 Å². The van der Waals surface area contributed by atoms with Crippen LogP contribution in [0.25, 0.3) is 0 Å². The maximum Gasteiger partial charge on any atom is 0.229 e. The van der Waals surface area contributed by atoms with Crippen molar-refractivity contribution in [1.29, 1.82) is 0 Å². The van der Waals surface area contributed by atoms with Crippen LogP contribution in [0.15, 0.2) is 54.7 Å². The summed E-state index contributed by atoms with van der Waals surface area (Å²) in [5.41, 5.74) is 7.41. The van der Waals surface area contributed by atoms with Gasteiger partial charge in [-0.2, -0.15) is 15.0 Å². The first-order valence-electron chi connectivity index (χ1n) is 10.6. The fourth-order valence-corrected chi connectivity index (χ4v) is 2.70. The highest BCUT2D eigenvalue weighted by molar-refractivity contribution is 5.42. The highest BCUT2D eigenvalue weighted by Crippen LogP contribution is 2.11. The van der Waals surface area contributed by atoms with Gasteiger partial charge >= 0.3 is 0 Å². The van der Waals surface area contributed by atoms with Crippen molar-refractivity contribution in [2.75, 3.05) is 55.5 Å². The summed E-state index contributed by atoms with van der Waals surface area (Å²) in [6, 6.07) is 15.8. The molecule has 0 saturated carbocycles. The molecule has 0 radical (unpaired) electrons. The summed E-state index contributed by atoms with van der Waals surface area (Å²) in [7, 11) is 0. The van der Waals surface area contributed by atoms with Gasteiger partial charge in [0, 0.05) is 25.8 Å². The van der Waals surface area contributed by atoms with Gasteiger partial charge < -0.3 is 31.2 Å². The highest BCUT2D eigenvalue weighted by atomic mass is 16.5. The van der Waals surface area contributed by atoms with Crippen molar-refractivity contribution >= 4 is 17.8 Å². The van der Waals surface area contributed by atoms with Crippen LogP contribution in [0.2, 0.25) is 0 Å². The summed E-state index contributed by atoms with van der Waals surface area (Å²) >= 11 is 0. The molecular weight excluding hydrogens is 408 g/mol. The van der Waals surface area contributed by atoms with Gasteiger partial charge in [-0.15, -0.1) is 0 Å². The third-order valence-electron chi connectivity index (χ3n) is 4.25. The fourth-order valence-electron chi connectivity index (χ4n) is 2.70. The Labute approximate surface area is 188 Å². The van der Waals surface area contributed by atoms with E-state index in [0.29, 0.717) is 70.5 Å². The van der Waals surface area contributed by atoms with Crippen LogP contribution < -0.4 is 21.7 Å². The number of ether oxygens (including phenoxy) is 2. The van der Waals surface area contributed by atoms with Crippen LogP contribution in [0, 0.1) is 0 Å². The quantitative estimate of drug-likeness (QED) is 0.261. The SMILES string of the molecule is NCCOCCOCCNc1nc(NCc2ccccc2)nc(NCc2ccccn2)n1. The van der Waals surface area contributed by atoms with Crippen molar-refractivity contribution in [2.45, 2.75) is 13.1 Å². The zero-order valence-electron chi connectivity index (χ0n) is 18.0. The van der Waals surface area contributed by atoms with Crippen LogP contribution in [0.5, 0.6) is 0 Å². The summed E-state index contributed by atoms with van der Waals surface area (Å²) in [4.78, 5) is 17.7. The van der Waals surface area contributed by atoms with E-state index in [9.17, 15) is 0 Å². The van der Waals surface area contributed by atoms with Crippen LogP contribution >= 0.6 is 0 Å². The number of nitrogens with two attached hydrogens (primary N) is 1. The van der Waals surface area contributed by atoms with E-state index >= 15 is 0 Å². The van der Waals surface area contributed by atoms with E-state index in [1.165, 1.54) is 0 Å². The van der Waals surface area contributed by atoms with E-state index < -0.39 is 0 Å². The van der Waals surface area contributed by atoms with Gasteiger partial charge in [-0.3, -0.25) is 4.98 Å². The lowest BCUT2D eigenvalue weighted by Gasteiger charge is -2.11. The first-order valence-corrected chi connectivity index (χ1v) is 10.6. The van der Waals surface area contributed by atoms with E-state index in [0.717, 1.165) is 11.3 Å². The van der Waals surface area contributed by atoms with Gasteiger partial charge in [-0.05, 0) is 17.7 Å². The van der Waals surface area contributed by atoms with E-state index in [-0.39, 0.29) is 0 Å². The van der Waals surface area contributed by atoms with Gasteiger partial charge in [-0.25, -0.2) is 0 Å². The second-order valence-corrected chi connectivity index (χ2v) is 6.76. The predicted molar refractivity (Wildman–Crippen MR) is 124 cm³/mol. The summed E-state index contributed by atoms with van der Waals surface area (Å²) < 4.78 is 10.8. The number of benzene rings is 1. The minimum atomic E-state index is 0.458. The minimum absolute atomic E-state index is 0.458. The molecule has 0 atom stereocenters. The second-order valence-electron chi connectivity index (χ2n) is 6.76. The van der Waals surface area contributed by atoms with Crippen LogP contribution in [0.3, 0.4) is 0 Å². The lowest BCUT2D eigenvalue weighted by molar-refractivity contribution is 0.0547. The molecule has 2 heterocycles. The van der Waals surface area contributed by atoms with Gasteiger partial charge in [0.1, 0.15) is 0 Å². The lowest BCUT2D eigenvalue weighted by Crippen LogP contribution is -2.17. The van der Waals surface area contributed by atoms with E-state index in [2.05, 4.69) is 35.9 Å². The zero-order valence-corrected chi connectivity index (χ0v) is 18.0. The Bertz CT molecular complexity index is 837.